The van der Waals surface area contributed by atoms with Gasteiger partial charge in [0.1, 0.15) is 0 Å². The molecule has 0 bridgehead atoms. The van der Waals surface area contributed by atoms with E-state index in [9.17, 15) is 0 Å². The predicted octanol–water partition coefficient (Wildman–Crippen LogP) is 4.96. The molecule has 1 aromatic carbocycles. The van der Waals surface area contributed by atoms with Crippen LogP contribution >= 0.6 is 0 Å². The summed E-state index contributed by atoms with van der Waals surface area (Å²) in [7, 11) is -1.01. The van der Waals surface area contributed by atoms with Crippen LogP contribution in [0.2, 0.25) is 25.2 Å². The van der Waals surface area contributed by atoms with Crippen LogP contribution in [0, 0.1) is 0 Å². The summed E-state index contributed by atoms with van der Waals surface area (Å²) in [4.78, 5) is 0. The summed E-state index contributed by atoms with van der Waals surface area (Å²) < 4.78 is 0. The zero-order valence-electron chi connectivity index (χ0n) is 10.7. The molecule has 0 unspecified atom stereocenters. The zero-order valence-corrected chi connectivity index (χ0v) is 11.7. The molecule has 1 aromatic rings. The highest BCUT2D eigenvalue weighted by Crippen LogP contribution is 2.38. The van der Waals surface area contributed by atoms with Crippen molar-refractivity contribution in [3.63, 3.8) is 0 Å². The standard InChI is InChI=1S/C15H22Si/c1-16(2,3)15-11-7-10-14(12-15)13-8-5-4-6-9-13/h4-6,8-9,12,15H,7,10-11H2,1-3H3/t15-/m0/s1. The highest BCUT2D eigenvalue weighted by molar-refractivity contribution is 6.78. The monoisotopic (exact) mass is 230 g/mol. The molecule has 1 aliphatic rings. The highest BCUT2D eigenvalue weighted by atomic mass is 28.3. The maximum atomic E-state index is 2.57. The van der Waals surface area contributed by atoms with Crippen molar-refractivity contribution in [2.45, 2.75) is 44.4 Å². The maximum Gasteiger partial charge on any atom is 0.0513 e. The van der Waals surface area contributed by atoms with Gasteiger partial charge < -0.3 is 0 Å². The normalized spacial score (nSPS) is 21.7. The predicted molar refractivity (Wildman–Crippen MR) is 75.4 cm³/mol. The molecule has 0 heterocycles. The van der Waals surface area contributed by atoms with Gasteiger partial charge in [-0.05, 0) is 35.9 Å². The van der Waals surface area contributed by atoms with Crippen LogP contribution in [0.25, 0.3) is 5.57 Å². The summed E-state index contributed by atoms with van der Waals surface area (Å²) >= 11 is 0. The molecule has 0 spiro atoms. The molecule has 0 nitrogen and oxygen atoms in total. The van der Waals surface area contributed by atoms with E-state index in [0.717, 1.165) is 5.54 Å². The first-order valence-corrected chi connectivity index (χ1v) is 9.91. The van der Waals surface area contributed by atoms with Gasteiger partial charge in [-0.15, -0.1) is 0 Å². The Morgan fingerprint density at radius 2 is 1.75 bits per heavy atom. The van der Waals surface area contributed by atoms with E-state index in [1.165, 1.54) is 24.8 Å². The lowest BCUT2D eigenvalue weighted by Crippen LogP contribution is -2.28. The minimum atomic E-state index is -1.01. The van der Waals surface area contributed by atoms with Gasteiger partial charge in [0.2, 0.25) is 0 Å². The van der Waals surface area contributed by atoms with Crippen LogP contribution in [0.1, 0.15) is 24.8 Å². The van der Waals surface area contributed by atoms with Gasteiger partial charge >= 0.3 is 0 Å². The third-order valence-corrected chi connectivity index (χ3v) is 6.30. The van der Waals surface area contributed by atoms with E-state index in [4.69, 9.17) is 0 Å². The largest absolute Gasteiger partial charge is 0.0803 e. The quantitative estimate of drug-likeness (QED) is 0.630. The lowest BCUT2D eigenvalue weighted by Gasteiger charge is -2.30. The van der Waals surface area contributed by atoms with E-state index >= 15 is 0 Å². The van der Waals surface area contributed by atoms with Crippen LogP contribution < -0.4 is 0 Å². The summed E-state index contributed by atoms with van der Waals surface area (Å²) in [5, 5.41) is 0. The second-order valence-electron chi connectivity index (χ2n) is 5.92. The smallest absolute Gasteiger partial charge is 0.0513 e. The van der Waals surface area contributed by atoms with Crippen molar-refractivity contribution in [2.24, 2.45) is 0 Å². The first kappa shape index (κ1) is 11.7. The van der Waals surface area contributed by atoms with Crippen molar-refractivity contribution in [3.8, 4) is 0 Å². The van der Waals surface area contributed by atoms with Gasteiger partial charge in [-0.25, -0.2) is 0 Å². The van der Waals surface area contributed by atoms with Crippen molar-refractivity contribution < 1.29 is 0 Å². The molecule has 1 heteroatoms. The minimum Gasteiger partial charge on any atom is -0.0803 e. The number of allylic oxidation sites excluding steroid dienone is 2. The molecular weight excluding hydrogens is 208 g/mol. The van der Waals surface area contributed by atoms with Gasteiger partial charge in [-0.2, -0.15) is 0 Å². The Kier molecular flexibility index (Phi) is 3.34. The van der Waals surface area contributed by atoms with Crippen molar-refractivity contribution in [3.05, 3.63) is 42.0 Å². The average molecular weight is 230 g/mol. The molecular formula is C15H22Si. The Labute approximate surface area is 100 Å². The molecule has 0 fully saturated rings. The average Bonchev–Trinajstić information content (AvgIpc) is 2.29. The van der Waals surface area contributed by atoms with Gasteiger partial charge in [0.25, 0.3) is 0 Å². The molecule has 86 valence electrons. The van der Waals surface area contributed by atoms with E-state index in [2.05, 4.69) is 56.0 Å². The van der Waals surface area contributed by atoms with Crippen LogP contribution in [0.3, 0.4) is 0 Å². The Morgan fingerprint density at radius 3 is 2.38 bits per heavy atom. The Balaban J connectivity index is 2.26. The van der Waals surface area contributed by atoms with E-state index in [1.807, 2.05) is 0 Å². The SMILES string of the molecule is C[Si](C)(C)[C@@H]1C=C(c2ccccc2)CCC1. The molecule has 1 atom stereocenters. The molecule has 0 saturated carbocycles. The lowest BCUT2D eigenvalue weighted by molar-refractivity contribution is 0.724. The van der Waals surface area contributed by atoms with E-state index in [-0.39, 0.29) is 0 Å². The maximum absolute atomic E-state index is 2.57. The number of hydrogen-bond donors (Lipinski definition) is 0. The minimum absolute atomic E-state index is 0.872. The molecule has 0 aliphatic heterocycles. The van der Waals surface area contributed by atoms with E-state index < -0.39 is 8.07 Å². The van der Waals surface area contributed by atoms with Crippen molar-refractivity contribution in [1.82, 2.24) is 0 Å². The van der Waals surface area contributed by atoms with Crippen LogP contribution in [-0.4, -0.2) is 8.07 Å². The van der Waals surface area contributed by atoms with Crippen molar-refractivity contribution in [2.75, 3.05) is 0 Å². The van der Waals surface area contributed by atoms with Gasteiger partial charge in [-0.1, -0.05) is 56.0 Å². The van der Waals surface area contributed by atoms with Crippen LogP contribution in [0.5, 0.6) is 0 Å². The number of rotatable bonds is 2. The van der Waals surface area contributed by atoms with E-state index in [1.54, 1.807) is 5.57 Å². The molecule has 0 saturated heterocycles. The molecule has 0 amide bonds. The number of benzene rings is 1. The zero-order chi connectivity index (χ0) is 11.6. The second kappa shape index (κ2) is 4.58. The Morgan fingerprint density at radius 1 is 1.06 bits per heavy atom. The topological polar surface area (TPSA) is 0 Å². The Bertz CT molecular complexity index is 370. The second-order valence-corrected chi connectivity index (χ2v) is 11.4. The molecule has 0 radical (unpaired) electrons. The van der Waals surface area contributed by atoms with Crippen molar-refractivity contribution in [1.29, 1.82) is 0 Å². The molecule has 0 aromatic heterocycles. The highest BCUT2D eigenvalue weighted by Gasteiger charge is 2.27. The van der Waals surface area contributed by atoms with Crippen molar-refractivity contribution >= 4 is 13.6 Å². The van der Waals surface area contributed by atoms with Crippen LogP contribution in [-0.2, 0) is 0 Å². The molecule has 1 aliphatic carbocycles. The number of hydrogen-bond acceptors (Lipinski definition) is 0. The molecule has 2 rings (SSSR count). The fraction of sp³-hybridized carbons (Fsp3) is 0.467. The summed E-state index contributed by atoms with van der Waals surface area (Å²) in [5.74, 6) is 0. The summed E-state index contributed by atoms with van der Waals surface area (Å²) in [6, 6.07) is 10.9. The van der Waals surface area contributed by atoms with Crippen LogP contribution in [0.15, 0.2) is 36.4 Å². The first-order valence-electron chi connectivity index (χ1n) is 6.33. The summed E-state index contributed by atoms with van der Waals surface area (Å²) in [6.45, 7) is 7.46. The molecule has 16 heavy (non-hydrogen) atoms. The fourth-order valence-electron chi connectivity index (χ4n) is 2.50. The Hall–Kier alpha value is -0.823. The molecule has 0 N–H and O–H groups in total. The first-order chi connectivity index (χ1) is 7.57. The summed E-state index contributed by atoms with van der Waals surface area (Å²) in [5.41, 5.74) is 3.89. The summed E-state index contributed by atoms with van der Waals surface area (Å²) in [6.07, 6.45) is 6.62. The van der Waals surface area contributed by atoms with Gasteiger partial charge in [0.15, 0.2) is 0 Å². The van der Waals surface area contributed by atoms with Gasteiger partial charge in [0.05, 0.1) is 8.07 Å². The van der Waals surface area contributed by atoms with E-state index in [0.29, 0.717) is 0 Å². The van der Waals surface area contributed by atoms with Gasteiger partial charge in [-0.3, -0.25) is 0 Å². The lowest BCUT2D eigenvalue weighted by atomic mass is 9.93. The van der Waals surface area contributed by atoms with Gasteiger partial charge in [0, 0.05) is 0 Å². The van der Waals surface area contributed by atoms with Crippen LogP contribution in [0.4, 0.5) is 0 Å². The fourth-order valence-corrected chi connectivity index (χ4v) is 4.27. The third kappa shape index (κ3) is 2.65. The third-order valence-electron chi connectivity index (χ3n) is 3.62.